The molecule has 0 aliphatic heterocycles. The molecule has 0 aliphatic carbocycles. The lowest BCUT2D eigenvalue weighted by atomic mass is 10.2. The maximum atomic E-state index is 11.3. The second-order valence-electron chi connectivity index (χ2n) is 3.50. The minimum absolute atomic E-state index is 0.349. The van der Waals surface area contributed by atoms with Gasteiger partial charge in [0.15, 0.2) is 5.37 Å². The van der Waals surface area contributed by atoms with Crippen molar-refractivity contribution in [3.05, 3.63) is 30.3 Å². The molecule has 0 amide bonds. The Hall–Kier alpha value is -1.07. The largest absolute Gasteiger partial charge is 0.353 e. The molecule has 1 aromatic rings. The van der Waals surface area contributed by atoms with Gasteiger partial charge in [0.2, 0.25) is 0 Å². The maximum absolute atomic E-state index is 11.3. The van der Waals surface area contributed by atoms with E-state index in [2.05, 4.69) is 0 Å². The first-order valence-electron chi connectivity index (χ1n) is 5.28. The van der Waals surface area contributed by atoms with Gasteiger partial charge in [0.1, 0.15) is 0 Å². The summed E-state index contributed by atoms with van der Waals surface area (Å²) in [5.41, 5.74) is 0.800. The number of anilines is 1. The van der Waals surface area contributed by atoms with E-state index in [1.54, 1.807) is 11.8 Å². The third kappa shape index (κ3) is 2.96. The zero-order valence-electron chi connectivity index (χ0n) is 9.50. The van der Waals surface area contributed by atoms with Gasteiger partial charge in [-0.15, -0.1) is 0 Å². The lowest BCUT2D eigenvalue weighted by Crippen LogP contribution is -2.40. The van der Waals surface area contributed by atoms with Gasteiger partial charge in [0.25, 0.3) is 10.1 Å². The summed E-state index contributed by atoms with van der Waals surface area (Å²) in [6.45, 7) is 4.13. The highest BCUT2D eigenvalue weighted by Crippen LogP contribution is 2.20. The zero-order chi connectivity index (χ0) is 12.2. The monoisotopic (exact) mass is 243 g/mol. The van der Waals surface area contributed by atoms with E-state index < -0.39 is 15.5 Å². The lowest BCUT2D eigenvalue weighted by Gasteiger charge is -2.29. The van der Waals surface area contributed by atoms with Crippen molar-refractivity contribution in [3.8, 4) is 0 Å². The summed E-state index contributed by atoms with van der Waals surface area (Å²) in [6.07, 6.45) is 0.349. The predicted octanol–water partition coefficient (Wildman–Crippen LogP) is 2.14. The fraction of sp³-hybridized carbons (Fsp3) is 0.455. The molecule has 16 heavy (non-hydrogen) atoms. The molecule has 1 atom stereocenters. The molecule has 4 nitrogen and oxygen atoms in total. The van der Waals surface area contributed by atoms with Crippen LogP contribution in [0.3, 0.4) is 0 Å². The highest BCUT2D eigenvalue weighted by molar-refractivity contribution is 7.86. The standard InChI is InChI=1S/C11H17NO3S/c1-3-11(16(13,14)15)12(4-2)10-8-6-5-7-9-10/h5-9,11H,3-4H2,1-2H3,(H,13,14,15). The van der Waals surface area contributed by atoms with E-state index >= 15 is 0 Å². The van der Waals surface area contributed by atoms with Gasteiger partial charge >= 0.3 is 0 Å². The van der Waals surface area contributed by atoms with Crippen LogP contribution in [-0.2, 0) is 10.1 Å². The Morgan fingerprint density at radius 3 is 2.19 bits per heavy atom. The number of rotatable bonds is 5. The van der Waals surface area contributed by atoms with Crippen molar-refractivity contribution in [2.45, 2.75) is 25.6 Å². The van der Waals surface area contributed by atoms with Crippen LogP contribution in [0, 0.1) is 0 Å². The Morgan fingerprint density at radius 2 is 1.81 bits per heavy atom. The van der Waals surface area contributed by atoms with Crippen LogP contribution in [0.1, 0.15) is 20.3 Å². The van der Waals surface area contributed by atoms with Gasteiger partial charge in [-0.25, -0.2) is 0 Å². The third-order valence-corrected chi connectivity index (χ3v) is 3.74. The van der Waals surface area contributed by atoms with Crippen molar-refractivity contribution in [2.24, 2.45) is 0 Å². The highest BCUT2D eigenvalue weighted by Gasteiger charge is 2.27. The number of hydrogen-bond donors (Lipinski definition) is 1. The van der Waals surface area contributed by atoms with Crippen molar-refractivity contribution in [1.29, 1.82) is 0 Å². The first-order valence-corrected chi connectivity index (χ1v) is 6.79. The average molecular weight is 243 g/mol. The second kappa shape index (κ2) is 5.32. The molecular formula is C11H17NO3S. The number of para-hydroxylation sites is 1. The second-order valence-corrected chi connectivity index (χ2v) is 5.07. The van der Waals surface area contributed by atoms with E-state index in [1.165, 1.54) is 0 Å². The van der Waals surface area contributed by atoms with E-state index in [9.17, 15) is 13.0 Å². The number of hydrogen-bond acceptors (Lipinski definition) is 3. The van der Waals surface area contributed by atoms with Crippen LogP contribution in [0.5, 0.6) is 0 Å². The molecule has 0 bridgehead atoms. The summed E-state index contributed by atoms with van der Waals surface area (Å²) in [4.78, 5) is 1.68. The Labute approximate surface area is 96.6 Å². The van der Waals surface area contributed by atoms with Crippen LogP contribution in [0.25, 0.3) is 0 Å². The molecule has 0 saturated carbocycles. The fourth-order valence-corrected chi connectivity index (χ4v) is 2.78. The summed E-state index contributed by atoms with van der Waals surface area (Å²) >= 11 is 0. The van der Waals surface area contributed by atoms with Gasteiger partial charge in [0.05, 0.1) is 0 Å². The zero-order valence-corrected chi connectivity index (χ0v) is 10.3. The molecule has 0 saturated heterocycles. The van der Waals surface area contributed by atoms with Gasteiger partial charge in [-0.2, -0.15) is 8.42 Å². The Kier molecular flexibility index (Phi) is 4.32. The van der Waals surface area contributed by atoms with Crippen molar-refractivity contribution in [2.75, 3.05) is 11.4 Å². The van der Waals surface area contributed by atoms with Crippen LogP contribution in [0.2, 0.25) is 0 Å². The summed E-state index contributed by atoms with van der Waals surface area (Å²) in [7, 11) is -4.05. The Bertz CT molecular complexity index is 416. The molecule has 1 aromatic carbocycles. The SMILES string of the molecule is CCC(N(CC)c1ccccc1)S(=O)(=O)O. The molecule has 0 aliphatic rings. The molecule has 5 heteroatoms. The van der Waals surface area contributed by atoms with Crippen LogP contribution in [-0.4, -0.2) is 24.9 Å². The van der Waals surface area contributed by atoms with E-state index in [-0.39, 0.29) is 0 Å². The van der Waals surface area contributed by atoms with E-state index in [0.29, 0.717) is 13.0 Å². The van der Waals surface area contributed by atoms with E-state index in [0.717, 1.165) is 5.69 Å². The van der Waals surface area contributed by atoms with E-state index in [4.69, 9.17) is 0 Å². The van der Waals surface area contributed by atoms with Gasteiger partial charge in [0, 0.05) is 12.2 Å². The minimum atomic E-state index is -4.05. The molecule has 1 rings (SSSR count). The fourth-order valence-electron chi connectivity index (χ4n) is 1.76. The van der Waals surface area contributed by atoms with Gasteiger partial charge < -0.3 is 4.90 Å². The maximum Gasteiger partial charge on any atom is 0.286 e. The van der Waals surface area contributed by atoms with E-state index in [1.807, 2.05) is 37.3 Å². The molecule has 90 valence electrons. The summed E-state index contributed by atoms with van der Waals surface area (Å²) < 4.78 is 31.7. The third-order valence-electron chi connectivity index (χ3n) is 2.47. The molecule has 1 N–H and O–H groups in total. The van der Waals surface area contributed by atoms with Gasteiger partial charge in [-0.3, -0.25) is 4.55 Å². The summed E-state index contributed by atoms with van der Waals surface area (Å²) in [6, 6.07) is 9.21. The minimum Gasteiger partial charge on any atom is -0.353 e. The molecule has 0 heterocycles. The molecule has 0 spiro atoms. The van der Waals surface area contributed by atoms with Gasteiger partial charge in [-0.1, -0.05) is 25.1 Å². The van der Waals surface area contributed by atoms with Crippen LogP contribution < -0.4 is 4.90 Å². The number of benzene rings is 1. The quantitative estimate of drug-likeness (QED) is 0.805. The highest BCUT2D eigenvalue weighted by atomic mass is 32.2. The smallest absolute Gasteiger partial charge is 0.286 e. The predicted molar refractivity (Wildman–Crippen MR) is 65.1 cm³/mol. The van der Waals surface area contributed by atoms with Crippen LogP contribution in [0.4, 0.5) is 5.69 Å². The first-order chi connectivity index (χ1) is 7.50. The molecule has 1 unspecified atom stereocenters. The van der Waals surface area contributed by atoms with Gasteiger partial charge in [-0.05, 0) is 25.5 Å². The Balaban J connectivity index is 3.07. The van der Waals surface area contributed by atoms with Crippen LogP contribution >= 0.6 is 0 Å². The summed E-state index contributed by atoms with van der Waals surface area (Å²) in [5.74, 6) is 0. The first kappa shape index (κ1) is 13.0. The lowest BCUT2D eigenvalue weighted by molar-refractivity contribution is 0.460. The Morgan fingerprint density at radius 1 is 1.25 bits per heavy atom. The van der Waals surface area contributed by atoms with Crippen LogP contribution in [0.15, 0.2) is 30.3 Å². The molecule has 0 fully saturated rings. The number of nitrogens with zero attached hydrogens (tertiary/aromatic N) is 1. The molecule has 0 aromatic heterocycles. The average Bonchev–Trinajstić information content (AvgIpc) is 2.25. The molecular weight excluding hydrogens is 226 g/mol. The normalized spacial score (nSPS) is 13.4. The summed E-state index contributed by atoms with van der Waals surface area (Å²) in [5, 5.41) is -0.875. The van der Waals surface area contributed by atoms with Crippen molar-refractivity contribution in [1.82, 2.24) is 0 Å². The molecule has 0 radical (unpaired) electrons. The van der Waals surface area contributed by atoms with Crippen molar-refractivity contribution in [3.63, 3.8) is 0 Å². The van der Waals surface area contributed by atoms with Crippen molar-refractivity contribution >= 4 is 15.8 Å². The van der Waals surface area contributed by atoms with Crippen molar-refractivity contribution < 1.29 is 13.0 Å². The topological polar surface area (TPSA) is 57.6 Å².